The summed E-state index contributed by atoms with van der Waals surface area (Å²) in [5.74, 6) is 0.881. The average Bonchev–Trinajstić information content (AvgIpc) is 2.83. The zero-order valence-corrected chi connectivity index (χ0v) is 14.2. The Morgan fingerprint density at radius 2 is 1.61 bits per heavy atom. The van der Waals surface area contributed by atoms with E-state index >= 15 is 0 Å². The van der Waals surface area contributed by atoms with E-state index in [0.29, 0.717) is 18.4 Å². The van der Waals surface area contributed by atoms with Crippen LogP contribution in [0.1, 0.15) is 43.2 Å². The van der Waals surface area contributed by atoms with Crippen LogP contribution in [0.15, 0.2) is 24.3 Å². The number of nitrogens with zero attached hydrogens (tertiary/aromatic N) is 1. The first-order valence-corrected chi connectivity index (χ1v) is 10.4. The number of hydrogen-bond donors (Lipinski definition) is 1. The molecule has 3 fully saturated rings. The summed E-state index contributed by atoms with van der Waals surface area (Å²) < 4.78 is 30.6. The molecule has 23 heavy (non-hydrogen) atoms. The van der Waals surface area contributed by atoms with E-state index in [0.717, 1.165) is 38.5 Å². The number of hydrogen-bond acceptors (Lipinski definition) is 2. The van der Waals surface area contributed by atoms with Crippen LogP contribution in [-0.4, -0.2) is 30.8 Å². The van der Waals surface area contributed by atoms with E-state index in [-0.39, 0.29) is 11.6 Å². The Morgan fingerprint density at radius 3 is 2.13 bits per heavy atom. The second kappa shape index (κ2) is 4.80. The lowest BCUT2D eigenvalue weighted by Gasteiger charge is -2.36. The molecule has 5 heteroatoms. The summed E-state index contributed by atoms with van der Waals surface area (Å²) in [5.41, 5.74) is 2.63. The molecule has 4 nitrogen and oxygen atoms in total. The van der Waals surface area contributed by atoms with Crippen LogP contribution in [0.25, 0.3) is 0 Å². The normalized spacial score (nSPS) is 39.1. The van der Waals surface area contributed by atoms with Crippen molar-refractivity contribution in [3.63, 3.8) is 0 Å². The van der Waals surface area contributed by atoms with E-state index < -0.39 is 10.2 Å². The molecule has 5 rings (SSSR count). The molecule has 1 unspecified atom stereocenters. The number of nitrogens with one attached hydrogen (secondary N) is 1. The third kappa shape index (κ3) is 1.99. The number of benzene rings is 1. The van der Waals surface area contributed by atoms with E-state index in [4.69, 9.17) is 0 Å². The molecule has 1 aromatic rings. The first-order chi connectivity index (χ1) is 11.1. The highest BCUT2D eigenvalue weighted by Gasteiger charge is 2.60. The standard InChI is InChI=1S/C18H24N2O2S/c21-23(22)19-18(12-20(23)17-6-3-7-17)15-8-9-16(18)11-14-5-2-1-4-13(14)10-15/h1-2,4-5,15-17,19H,3,6-12H2/t15-,16+,18?. The van der Waals surface area contributed by atoms with Gasteiger partial charge >= 0.3 is 0 Å². The molecule has 0 radical (unpaired) electrons. The van der Waals surface area contributed by atoms with Crippen LogP contribution in [0, 0.1) is 11.8 Å². The van der Waals surface area contributed by atoms with Gasteiger partial charge < -0.3 is 0 Å². The van der Waals surface area contributed by atoms with Gasteiger partial charge in [-0.05, 0) is 61.5 Å². The van der Waals surface area contributed by atoms with Gasteiger partial charge in [-0.15, -0.1) is 0 Å². The summed E-state index contributed by atoms with van der Waals surface area (Å²) in [7, 11) is -3.30. The molecule has 1 aliphatic heterocycles. The van der Waals surface area contributed by atoms with Gasteiger partial charge in [0, 0.05) is 12.6 Å². The average molecular weight is 332 g/mol. The van der Waals surface area contributed by atoms with Gasteiger partial charge in [-0.3, -0.25) is 0 Å². The molecule has 1 spiro atoms. The molecule has 4 aliphatic rings. The van der Waals surface area contributed by atoms with E-state index in [2.05, 4.69) is 29.0 Å². The predicted molar refractivity (Wildman–Crippen MR) is 89.2 cm³/mol. The maximum Gasteiger partial charge on any atom is 0.280 e. The Hall–Kier alpha value is -0.910. The third-order valence-corrected chi connectivity index (χ3v) is 8.58. The molecule has 2 saturated carbocycles. The molecule has 1 heterocycles. The Bertz CT molecular complexity index is 708. The fourth-order valence-corrected chi connectivity index (χ4v) is 7.39. The molecule has 124 valence electrons. The summed E-state index contributed by atoms with van der Waals surface area (Å²) in [6.45, 7) is 0.698. The summed E-state index contributed by atoms with van der Waals surface area (Å²) in [6.07, 6.45) is 7.59. The maximum atomic E-state index is 12.8. The smallest absolute Gasteiger partial charge is 0.195 e. The predicted octanol–water partition coefficient (Wildman–Crippen LogP) is 2.25. The molecule has 0 aromatic heterocycles. The molecular weight excluding hydrogens is 308 g/mol. The molecule has 3 atom stereocenters. The lowest BCUT2D eigenvalue weighted by atomic mass is 9.79. The van der Waals surface area contributed by atoms with E-state index in [1.165, 1.54) is 17.5 Å². The van der Waals surface area contributed by atoms with Crippen LogP contribution >= 0.6 is 0 Å². The van der Waals surface area contributed by atoms with Gasteiger partial charge in [-0.1, -0.05) is 30.7 Å². The van der Waals surface area contributed by atoms with Gasteiger partial charge in [0.15, 0.2) is 0 Å². The number of rotatable bonds is 1. The van der Waals surface area contributed by atoms with Crippen molar-refractivity contribution in [2.45, 2.75) is 56.5 Å². The summed E-state index contributed by atoms with van der Waals surface area (Å²) in [5, 5.41) is 0. The molecule has 3 aliphatic carbocycles. The SMILES string of the molecule is O=S1(=O)NC2(CN1C1CCC1)[C@@H]1CC[C@H]2Cc2ccccc2C1. The highest BCUT2D eigenvalue weighted by atomic mass is 32.2. The minimum atomic E-state index is -3.30. The molecule has 1 aromatic carbocycles. The Morgan fingerprint density at radius 1 is 1.00 bits per heavy atom. The van der Waals surface area contributed by atoms with Crippen molar-refractivity contribution in [2.24, 2.45) is 11.8 Å². The van der Waals surface area contributed by atoms with Crippen molar-refractivity contribution in [1.29, 1.82) is 0 Å². The molecule has 2 bridgehead atoms. The Labute approximate surface area is 138 Å². The highest BCUT2D eigenvalue weighted by Crippen LogP contribution is 2.51. The molecular formula is C18H24N2O2S. The van der Waals surface area contributed by atoms with Crippen molar-refractivity contribution in [2.75, 3.05) is 6.54 Å². The highest BCUT2D eigenvalue weighted by molar-refractivity contribution is 7.87. The van der Waals surface area contributed by atoms with Crippen LogP contribution in [0.3, 0.4) is 0 Å². The minimum Gasteiger partial charge on any atom is -0.195 e. The van der Waals surface area contributed by atoms with Crippen LogP contribution in [-0.2, 0) is 23.1 Å². The van der Waals surface area contributed by atoms with Gasteiger partial charge in [0.25, 0.3) is 10.2 Å². The lowest BCUT2D eigenvalue weighted by molar-refractivity contribution is 0.162. The largest absolute Gasteiger partial charge is 0.280 e. The van der Waals surface area contributed by atoms with Crippen LogP contribution in [0.4, 0.5) is 0 Å². The monoisotopic (exact) mass is 332 g/mol. The topological polar surface area (TPSA) is 49.4 Å². The minimum absolute atomic E-state index is 0.229. The quantitative estimate of drug-likeness (QED) is 0.857. The van der Waals surface area contributed by atoms with Gasteiger partial charge in [-0.25, -0.2) is 0 Å². The Kier molecular flexibility index (Phi) is 3.02. The number of fused-ring (bicyclic) bond motifs is 1. The van der Waals surface area contributed by atoms with Crippen LogP contribution in [0.5, 0.6) is 0 Å². The van der Waals surface area contributed by atoms with E-state index in [1.807, 2.05) is 0 Å². The first-order valence-electron chi connectivity index (χ1n) is 8.96. The van der Waals surface area contributed by atoms with E-state index in [1.54, 1.807) is 4.31 Å². The van der Waals surface area contributed by atoms with Gasteiger partial charge in [-0.2, -0.15) is 17.4 Å². The fraction of sp³-hybridized carbons (Fsp3) is 0.667. The van der Waals surface area contributed by atoms with Gasteiger partial charge in [0.05, 0.1) is 5.54 Å². The van der Waals surface area contributed by atoms with Gasteiger partial charge in [0.1, 0.15) is 0 Å². The summed E-state index contributed by atoms with van der Waals surface area (Å²) in [4.78, 5) is 0. The molecule has 0 amide bonds. The maximum absolute atomic E-state index is 12.8. The summed E-state index contributed by atoms with van der Waals surface area (Å²) >= 11 is 0. The zero-order chi connectivity index (χ0) is 15.7. The molecule has 1 N–H and O–H groups in total. The second-order valence-electron chi connectivity index (χ2n) is 7.93. The van der Waals surface area contributed by atoms with Crippen molar-refractivity contribution < 1.29 is 8.42 Å². The van der Waals surface area contributed by atoms with E-state index in [9.17, 15) is 8.42 Å². The van der Waals surface area contributed by atoms with Crippen molar-refractivity contribution in [3.05, 3.63) is 35.4 Å². The van der Waals surface area contributed by atoms with Crippen LogP contribution < -0.4 is 4.72 Å². The first kappa shape index (κ1) is 14.4. The Balaban J connectivity index is 1.54. The van der Waals surface area contributed by atoms with Gasteiger partial charge in [0.2, 0.25) is 0 Å². The fourth-order valence-electron chi connectivity index (χ4n) is 5.40. The van der Waals surface area contributed by atoms with Crippen LogP contribution in [0.2, 0.25) is 0 Å². The lowest BCUT2D eigenvalue weighted by Crippen LogP contribution is -2.52. The van der Waals surface area contributed by atoms with Crippen molar-refractivity contribution in [1.82, 2.24) is 9.03 Å². The second-order valence-corrected chi connectivity index (χ2v) is 9.55. The van der Waals surface area contributed by atoms with Crippen molar-refractivity contribution >= 4 is 10.2 Å². The third-order valence-electron chi connectivity index (χ3n) is 6.90. The summed E-state index contributed by atoms with van der Waals surface area (Å²) in [6, 6.07) is 8.94. The van der Waals surface area contributed by atoms with Crippen molar-refractivity contribution in [3.8, 4) is 0 Å². The molecule has 1 saturated heterocycles. The zero-order valence-electron chi connectivity index (χ0n) is 13.4.